The van der Waals surface area contributed by atoms with Crippen LogP contribution in [0.4, 0.5) is 0 Å². The summed E-state index contributed by atoms with van der Waals surface area (Å²) in [6.45, 7) is 3.94. The van der Waals surface area contributed by atoms with E-state index in [0.29, 0.717) is 12.0 Å². The van der Waals surface area contributed by atoms with Gasteiger partial charge >= 0.3 is 0 Å². The summed E-state index contributed by atoms with van der Waals surface area (Å²) in [6.07, 6.45) is -3.09. The maximum atomic E-state index is 13.0. The fourth-order valence-corrected chi connectivity index (χ4v) is 4.20. The van der Waals surface area contributed by atoms with E-state index in [0.717, 1.165) is 0 Å². The SMILES string of the molecule is C[NH2+][C@@H](CC(C)C)C(=O)N[C@H]1C[C@@](O)(C(=O)N[C@@H](Cc2ccc(O)cc2)C(N)=O)C[C@@H](O)[C@@H]1O. The zero-order valence-corrected chi connectivity index (χ0v) is 19.8. The minimum atomic E-state index is -2.15. The van der Waals surface area contributed by atoms with Crippen LogP contribution in [-0.4, -0.2) is 81.1 Å². The molecule has 11 nitrogen and oxygen atoms in total. The zero-order chi connectivity index (χ0) is 25.6. The number of aliphatic hydroxyl groups excluding tert-OH is 2. The van der Waals surface area contributed by atoms with E-state index in [-0.39, 0.29) is 30.4 Å². The van der Waals surface area contributed by atoms with Crippen LogP contribution in [0.1, 0.15) is 38.7 Å². The fraction of sp³-hybridized carbons (Fsp3) is 0.609. The van der Waals surface area contributed by atoms with Gasteiger partial charge in [0.05, 0.1) is 19.2 Å². The summed E-state index contributed by atoms with van der Waals surface area (Å²) in [7, 11) is 1.75. The average molecular weight is 482 g/mol. The lowest BCUT2D eigenvalue weighted by molar-refractivity contribution is -0.651. The molecule has 34 heavy (non-hydrogen) atoms. The summed E-state index contributed by atoms with van der Waals surface area (Å²) in [6, 6.07) is 3.31. The summed E-state index contributed by atoms with van der Waals surface area (Å²) in [5, 5.41) is 48.0. The van der Waals surface area contributed by atoms with Crippen LogP contribution in [0, 0.1) is 5.92 Å². The number of phenols is 1. The highest BCUT2D eigenvalue weighted by Crippen LogP contribution is 2.30. The molecule has 10 N–H and O–H groups in total. The Bertz CT molecular complexity index is 863. The molecule has 0 bridgehead atoms. The second kappa shape index (κ2) is 11.6. The number of aliphatic hydroxyl groups is 3. The topological polar surface area (TPSA) is 199 Å². The number of rotatable bonds is 10. The molecular formula is C23H37N4O7+. The number of benzene rings is 1. The maximum absolute atomic E-state index is 13.0. The van der Waals surface area contributed by atoms with Crippen LogP contribution in [0.5, 0.6) is 5.75 Å². The zero-order valence-electron chi connectivity index (χ0n) is 19.8. The number of likely N-dealkylation sites (N-methyl/N-ethyl adjacent to an activating group) is 1. The summed E-state index contributed by atoms with van der Waals surface area (Å²) >= 11 is 0. The number of nitrogens with one attached hydrogen (secondary N) is 2. The lowest BCUT2D eigenvalue weighted by atomic mass is 9.77. The highest BCUT2D eigenvalue weighted by molar-refractivity contribution is 5.91. The molecule has 190 valence electrons. The van der Waals surface area contributed by atoms with Gasteiger partial charge in [0.25, 0.3) is 11.8 Å². The first kappa shape index (κ1) is 27.5. The molecule has 2 rings (SSSR count). The van der Waals surface area contributed by atoms with Gasteiger partial charge in [-0.1, -0.05) is 26.0 Å². The number of phenolic OH excluding ortho intramolecular Hbond substituents is 1. The number of primary amides is 1. The predicted molar refractivity (Wildman–Crippen MR) is 122 cm³/mol. The Morgan fingerprint density at radius 1 is 1.18 bits per heavy atom. The molecule has 1 saturated carbocycles. The van der Waals surface area contributed by atoms with Gasteiger partial charge in [0, 0.05) is 25.7 Å². The predicted octanol–water partition coefficient (Wildman–Crippen LogP) is -2.76. The van der Waals surface area contributed by atoms with Gasteiger partial charge in [-0.2, -0.15) is 0 Å². The highest BCUT2D eigenvalue weighted by atomic mass is 16.3. The number of nitrogens with two attached hydrogens (primary N) is 2. The van der Waals surface area contributed by atoms with Gasteiger partial charge in [-0.3, -0.25) is 14.4 Å². The van der Waals surface area contributed by atoms with Gasteiger partial charge in [-0.15, -0.1) is 0 Å². The molecule has 1 aromatic rings. The Hall–Kier alpha value is -2.73. The number of amides is 3. The number of hydrogen-bond acceptors (Lipinski definition) is 7. The molecule has 0 heterocycles. The molecule has 0 spiro atoms. The molecule has 1 aromatic carbocycles. The van der Waals surface area contributed by atoms with Crippen molar-refractivity contribution in [1.82, 2.24) is 10.6 Å². The number of carbonyl (C=O) groups excluding carboxylic acids is 3. The van der Waals surface area contributed by atoms with Gasteiger partial charge in [0.2, 0.25) is 5.91 Å². The van der Waals surface area contributed by atoms with Crippen LogP contribution in [0.25, 0.3) is 0 Å². The summed E-state index contributed by atoms with van der Waals surface area (Å²) in [4.78, 5) is 37.6. The lowest BCUT2D eigenvalue weighted by Gasteiger charge is -2.42. The summed E-state index contributed by atoms with van der Waals surface area (Å²) < 4.78 is 0. The molecule has 1 aliphatic carbocycles. The molecule has 11 heteroatoms. The average Bonchev–Trinajstić information content (AvgIpc) is 2.76. The van der Waals surface area contributed by atoms with Crippen LogP contribution in [0.15, 0.2) is 24.3 Å². The first-order valence-corrected chi connectivity index (χ1v) is 11.4. The lowest BCUT2D eigenvalue weighted by Crippen LogP contribution is -2.89. The second-order valence-electron chi connectivity index (χ2n) is 9.48. The van der Waals surface area contributed by atoms with Crippen molar-refractivity contribution in [3.8, 4) is 5.75 Å². The Kier molecular flexibility index (Phi) is 9.39. The van der Waals surface area contributed by atoms with Crippen LogP contribution in [-0.2, 0) is 20.8 Å². The first-order chi connectivity index (χ1) is 15.9. The van der Waals surface area contributed by atoms with Gasteiger partial charge in [-0.05, 0) is 23.6 Å². The third kappa shape index (κ3) is 7.13. The van der Waals surface area contributed by atoms with Crippen molar-refractivity contribution in [2.45, 2.75) is 75.5 Å². The highest BCUT2D eigenvalue weighted by Gasteiger charge is 2.50. The third-order valence-electron chi connectivity index (χ3n) is 6.15. The molecule has 0 aromatic heterocycles. The van der Waals surface area contributed by atoms with Crippen LogP contribution < -0.4 is 21.7 Å². The Labute approximate surface area is 198 Å². The molecule has 1 fully saturated rings. The van der Waals surface area contributed by atoms with Crippen LogP contribution >= 0.6 is 0 Å². The van der Waals surface area contributed by atoms with Crippen molar-refractivity contribution in [1.29, 1.82) is 0 Å². The molecule has 0 aliphatic heterocycles. The van der Waals surface area contributed by atoms with Crippen molar-refractivity contribution in [2.24, 2.45) is 11.7 Å². The second-order valence-corrected chi connectivity index (χ2v) is 9.48. The molecule has 6 atom stereocenters. The minimum Gasteiger partial charge on any atom is -0.508 e. The Morgan fingerprint density at radius 2 is 1.79 bits per heavy atom. The van der Waals surface area contributed by atoms with Gasteiger partial charge < -0.3 is 42.1 Å². The van der Waals surface area contributed by atoms with E-state index >= 15 is 0 Å². The quantitative estimate of drug-likeness (QED) is 0.177. The van der Waals surface area contributed by atoms with Crippen molar-refractivity contribution in [3.05, 3.63) is 29.8 Å². The van der Waals surface area contributed by atoms with E-state index in [4.69, 9.17) is 5.73 Å². The Balaban J connectivity index is 2.13. The first-order valence-electron chi connectivity index (χ1n) is 11.4. The van der Waals surface area contributed by atoms with E-state index in [9.17, 15) is 34.8 Å². The van der Waals surface area contributed by atoms with Crippen molar-refractivity contribution in [2.75, 3.05) is 7.05 Å². The van der Waals surface area contributed by atoms with E-state index in [2.05, 4.69) is 10.6 Å². The molecule has 3 amide bonds. The molecule has 1 aliphatic rings. The Morgan fingerprint density at radius 3 is 2.32 bits per heavy atom. The summed E-state index contributed by atoms with van der Waals surface area (Å²) in [5.41, 5.74) is 3.90. The normalized spacial score (nSPS) is 26.5. The number of carbonyl (C=O) groups is 3. The van der Waals surface area contributed by atoms with Gasteiger partial charge in [0.1, 0.15) is 23.5 Å². The number of quaternary nitrogens is 1. The van der Waals surface area contributed by atoms with Gasteiger partial charge in [-0.25, -0.2) is 0 Å². The smallest absolute Gasteiger partial charge is 0.278 e. The monoisotopic (exact) mass is 481 g/mol. The minimum absolute atomic E-state index is 0.0198. The molecular weight excluding hydrogens is 444 g/mol. The number of hydrogen-bond donors (Lipinski definition) is 8. The molecule has 0 saturated heterocycles. The third-order valence-corrected chi connectivity index (χ3v) is 6.15. The van der Waals surface area contributed by atoms with Crippen LogP contribution in [0.3, 0.4) is 0 Å². The van der Waals surface area contributed by atoms with Crippen LogP contribution in [0.2, 0.25) is 0 Å². The van der Waals surface area contributed by atoms with Crippen molar-refractivity contribution < 1.29 is 40.1 Å². The van der Waals surface area contributed by atoms with Gasteiger partial charge in [0.15, 0.2) is 6.04 Å². The van der Waals surface area contributed by atoms with Crippen molar-refractivity contribution >= 4 is 17.7 Å². The standard InChI is InChI=1S/C23H36N4O7/c1-12(2)8-16(25-3)21(32)26-17-10-23(34,11-18(29)19(17)30)22(33)27-15(20(24)31)9-13-4-6-14(28)7-5-13/h4-7,12,15-19,25,28-30,34H,8-11H2,1-3H3,(H2,24,31)(H,26,32)(H,27,33)/p+1/t15-,16-,17-,18+,19+,23-/m0/s1. The van der Waals surface area contributed by atoms with E-state index in [1.807, 2.05) is 13.8 Å². The number of aromatic hydroxyl groups is 1. The van der Waals surface area contributed by atoms with Crippen molar-refractivity contribution in [3.63, 3.8) is 0 Å². The summed E-state index contributed by atoms with van der Waals surface area (Å²) in [5.74, 6) is -1.87. The molecule has 0 radical (unpaired) electrons. The maximum Gasteiger partial charge on any atom is 0.278 e. The largest absolute Gasteiger partial charge is 0.508 e. The molecule has 0 unspecified atom stereocenters. The van der Waals surface area contributed by atoms with E-state index in [1.165, 1.54) is 12.1 Å². The fourth-order valence-electron chi connectivity index (χ4n) is 4.20. The van der Waals surface area contributed by atoms with E-state index in [1.54, 1.807) is 24.5 Å². The van der Waals surface area contributed by atoms with E-state index < -0.39 is 54.2 Å².